The Labute approximate surface area is 140 Å². The summed E-state index contributed by atoms with van der Waals surface area (Å²) in [7, 11) is 0. The van der Waals surface area contributed by atoms with Crippen molar-refractivity contribution < 1.29 is 9.53 Å². The fraction of sp³-hybridized carbons (Fsp3) is 0.278. The molecule has 118 valence electrons. The van der Waals surface area contributed by atoms with E-state index in [-0.39, 0.29) is 18.1 Å². The third-order valence-electron chi connectivity index (χ3n) is 4.44. The molecule has 23 heavy (non-hydrogen) atoms. The SMILES string of the molecule is O=C1Nc2ccccc2OC2CC1N(Cc1ccccc1Cl)C2. The molecule has 2 aliphatic rings. The van der Waals surface area contributed by atoms with Gasteiger partial charge in [-0.15, -0.1) is 0 Å². The van der Waals surface area contributed by atoms with Crippen LogP contribution < -0.4 is 10.1 Å². The number of nitrogens with zero attached hydrogens (tertiary/aromatic N) is 1. The first kappa shape index (κ1) is 14.5. The number of carbonyl (C=O) groups is 1. The molecule has 0 saturated carbocycles. The zero-order valence-electron chi connectivity index (χ0n) is 12.5. The van der Waals surface area contributed by atoms with Gasteiger partial charge in [-0.3, -0.25) is 9.69 Å². The fourth-order valence-corrected chi connectivity index (χ4v) is 3.50. The molecule has 2 aromatic rings. The molecular weight excluding hydrogens is 312 g/mol. The van der Waals surface area contributed by atoms with Crippen LogP contribution in [0, 0.1) is 0 Å². The minimum Gasteiger partial charge on any atom is -0.487 e. The number of hydrogen-bond acceptors (Lipinski definition) is 3. The fourth-order valence-electron chi connectivity index (χ4n) is 3.31. The van der Waals surface area contributed by atoms with Gasteiger partial charge >= 0.3 is 0 Å². The van der Waals surface area contributed by atoms with Crippen molar-refractivity contribution in [2.75, 3.05) is 11.9 Å². The number of anilines is 1. The highest BCUT2D eigenvalue weighted by atomic mass is 35.5. The van der Waals surface area contributed by atoms with Crippen LogP contribution in [0.2, 0.25) is 5.02 Å². The number of nitrogens with one attached hydrogen (secondary N) is 1. The Hall–Kier alpha value is -2.04. The molecule has 1 N–H and O–H groups in total. The first-order chi connectivity index (χ1) is 11.2. The average Bonchev–Trinajstić information content (AvgIpc) is 2.94. The van der Waals surface area contributed by atoms with Crippen molar-refractivity contribution >= 4 is 23.2 Å². The second-order valence-corrected chi connectivity index (χ2v) is 6.40. The van der Waals surface area contributed by atoms with Crippen molar-refractivity contribution in [1.29, 1.82) is 0 Å². The number of amides is 1. The molecule has 4 nitrogen and oxygen atoms in total. The number of ether oxygens (including phenoxy) is 1. The van der Waals surface area contributed by atoms with E-state index in [1.807, 2.05) is 48.5 Å². The van der Waals surface area contributed by atoms with Crippen molar-refractivity contribution in [2.24, 2.45) is 0 Å². The number of halogens is 1. The molecule has 2 unspecified atom stereocenters. The maximum atomic E-state index is 12.6. The molecule has 1 amide bonds. The smallest absolute Gasteiger partial charge is 0.241 e. The van der Waals surface area contributed by atoms with Gasteiger partial charge in [-0.1, -0.05) is 41.9 Å². The van der Waals surface area contributed by atoms with Gasteiger partial charge < -0.3 is 10.1 Å². The number of rotatable bonds is 2. The van der Waals surface area contributed by atoms with Gasteiger partial charge in [0.15, 0.2) is 0 Å². The van der Waals surface area contributed by atoms with Crippen molar-refractivity contribution in [2.45, 2.75) is 25.1 Å². The van der Waals surface area contributed by atoms with Crippen LogP contribution in [0.15, 0.2) is 48.5 Å². The molecule has 0 radical (unpaired) electrons. The van der Waals surface area contributed by atoms with E-state index in [2.05, 4.69) is 10.2 Å². The zero-order valence-corrected chi connectivity index (χ0v) is 13.3. The maximum Gasteiger partial charge on any atom is 0.241 e. The molecule has 2 bridgehead atoms. The number of hydrogen-bond donors (Lipinski definition) is 1. The molecule has 1 saturated heterocycles. The normalized spacial score (nSPS) is 23.4. The Balaban J connectivity index is 1.60. The summed E-state index contributed by atoms with van der Waals surface area (Å²) in [6.07, 6.45) is 0.722. The van der Waals surface area contributed by atoms with Crippen molar-refractivity contribution in [3.8, 4) is 5.75 Å². The molecule has 2 atom stereocenters. The van der Waals surface area contributed by atoms with E-state index in [0.717, 1.165) is 28.6 Å². The van der Waals surface area contributed by atoms with Crippen LogP contribution in [0.4, 0.5) is 5.69 Å². The molecule has 0 spiro atoms. The van der Waals surface area contributed by atoms with Gasteiger partial charge in [0.2, 0.25) is 5.91 Å². The first-order valence-corrected chi connectivity index (χ1v) is 8.12. The zero-order chi connectivity index (χ0) is 15.8. The Morgan fingerprint density at radius 3 is 2.83 bits per heavy atom. The highest BCUT2D eigenvalue weighted by molar-refractivity contribution is 6.31. The molecule has 2 aliphatic heterocycles. The third kappa shape index (κ3) is 2.80. The van der Waals surface area contributed by atoms with Gasteiger partial charge in [-0.2, -0.15) is 0 Å². The predicted molar refractivity (Wildman–Crippen MR) is 89.8 cm³/mol. The predicted octanol–water partition coefficient (Wildman–Crippen LogP) is 3.31. The number of benzene rings is 2. The number of carbonyl (C=O) groups excluding carboxylic acids is 1. The molecule has 0 aliphatic carbocycles. The van der Waals surface area contributed by atoms with Crippen LogP contribution in [0.1, 0.15) is 12.0 Å². The summed E-state index contributed by atoms with van der Waals surface area (Å²) in [6, 6.07) is 15.1. The molecule has 2 heterocycles. The number of para-hydroxylation sites is 2. The summed E-state index contributed by atoms with van der Waals surface area (Å²) in [5.74, 6) is 0.763. The van der Waals surface area contributed by atoms with Crippen LogP contribution in [0.25, 0.3) is 0 Å². The maximum absolute atomic E-state index is 12.6. The lowest BCUT2D eigenvalue weighted by Gasteiger charge is -2.24. The summed E-state index contributed by atoms with van der Waals surface area (Å²) in [6.45, 7) is 1.37. The van der Waals surface area contributed by atoms with E-state index < -0.39 is 0 Å². The van der Waals surface area contributed by atoms with Gasteiger partial charge in [-0.05, 0) is 23.8 Å². The summed E-state index contributed by atoms with van der Waals surface area (Å²) >= 11 is 6.26. The van der Waals surface area contributed by atoms with Gasteiger partial charge in [-0.25, -0.2) is 0 Å². The summed E-state index contributed by atoms with van der Waals surface area (Å²) < 4.78 is 6.08. The second-order valence-electron chi connectivity index (χ2n) is 6.00. The summed E-state index contributed by atoms with van der Waals surface area (Å²) in [5.41, 5.74) is 1.77. The largest absolute Gasteiger partial charge is 0.487 e. The quantitative estimate of drug-likeness (QED) is 0.919. The molecule has 5 heteroatoms. The summed E-state index contributed by atoms with van der Waals surface area (Å²) in [4.78, 5) is 14.8. The topological polar surface area (TPSA) is 41.6 Å². The van der Waals surface area contributed by atoms with Crippen molar-refractivity contribution in [3.63, 3.8) is 0 Å². The lowest BCUT2D eigenvalue weighted by Crippen LogP contribution is -2.39. The Bertz CT molecular complexity index is 749. The van der Waals surface area contributed by atoms with Crippen LogP contribution in [-0.4, -0.2) is 29.5 Å². The standard InChI is InChI=1S/C18H17ClN2O2/c19-14-6-2-1-5-12(14)10-21-11-13-9-16(21)18(22)20-15-7-3-4-8-17(15)23-13/h1-8,13,16H,9-11H2,(H,20,22). The van der Waals surface area contributed by atoms with E-state index in [1.165, 1.54) is 0 Å². The minimum atomic E-state index is -0.190. The lowest BCUT2D eigenvalue weighted by molar-refractivity contribution is -0.120. The molecule has 0 aromatic heterocycles. The van der Waals surface area contributed by atoms with E-state index in [9.17, 15) is 4.79 Å². The van der Waals surface area contributed by atoms with Crippen LogP contribution in [0.3, 0.4) is 0 Å². The second kappa shape index (κ2) is 5.87. The van der Waals surface area contributed by atoms with Crippen molar-refractivity contribution in [1.82, 2.24) is 4.90 Å². The van der Waals surface area contributed by atoms with Crippen LogP contribution in [-0.2, 0) is 11.3 Å². The summed E-state index contributed by atoms with van der Waals surface area (Å²) in [5, 5.41) is 3.71. The monoisotopic (exact) mass is 328 g/mol. The Morgan fingerprint density at radius 2 is 1.96 bits per heavy atom. The number of likely N-dealkylation sites (tertiary alicyclic amines) is 1. The van der Waals surface area contributed by atoms with Gasteiger partial charge in [0.1, 0.15) is 11.9 Å². The molecule has 2 aromatic carbocycles. The van der Waals surface area contributed by atoms with E-state index in [4.69, 9.17) is 16.3 Å². The third-order valence-corrected chi connectivity index (χ3v) is 4.81. The van der Waals surface area contributed by atoms with Crippen LogP contribution in [0.5, 0.6) is 5.75 Å². The number of fused-ring (bicyclic) bond motifs is 3. The molecule has 4 rings (SSSR count). The first-order valence-electron chi connectivity index (χ1n) is 7.75. The highest BCUT2D eigenvalue weighted by Crippen LogP contribution is 2.33. The van der Waals surface area contributed by atoms with Gasteiger partial charge in [0.05, 0.1) is 11.7 Å². The molecular formula is C18H17ClN2O2. The highest BCUT2D eigenvalue weighted by Gasteiger charge is 2.40. The van der Waals surface area contributed by atoms with E-state index in [0.29, 0.717) is 13.0 Å². The van der Waals surface area contributed by atoms with Crippen molar-refractivity contribution in [3.05, 3.63) is 59.1 Å². The van der Waals surface area contributed by atoms with E-state index in [1.54, 1.807) is 0 Å². The average molecular weight is 329 g/mol. The Morgan fingerprint density at radius 1 is 1.17 bits per heavy atom. The minimum absolute atomic E-state index is 0.0229. The van der Waals surface area contributed by atoms with E-state index >= 15 is 0 Å². The van der Waals surface area contributed by atoms with Crippen LogP contribution >= 0.6 is 11.6 Å². The Kier molecular flexibility index (Phi) is 3.71. The van der Waals surface area contributed by atoms with Gasteiger partial charge in [0, 0.05) is 24.5 Å². The lowest BCUT2D eigenvalue weighted by atomic mass is 10.1. The van der Waals surface area contributed by atoms with Gasteiger partial charge in [0.25, 0.3) is 0 Å². The molecule has 1 fully saturated rings.